The van der Waals surface area contributed by atoms with Crippen molar-refractivity contribution in [1.82, 2.24) is 0 Å². The van der Waals surface area contributed by atoms with Crippen molar-refractivity contribution in [2.75, 3.05) is 5.73 Å². The fourth-order valence-electron chi connectivity index (χ4n) is 1.56. The van der Waals surface area contributed by atoms with E-state index in [1.165, 1.54) is 12.1 Å². The van der Waals surface area contributed by atoms with Gasteiger partial charge in [-0.15, -0.1) is 0 Å². The lowest BCUT2D eigenvalue weighted by Crippen LogP contribution is -2.00. The molecule has 0 saturated carbocycles. The number of hydrogen-bond donors (Lipinski definition) is 1. The lowest BCUT2D eigenvalue weighted by Gasteiger charge is -2.10. The molecule has 96 valence electrons. The van der Waals surface area contributed by atoms with Crippen LogP contribution in [0.15, 0.2) is 36.4 Å². The average molecular weight is 277 g/mol. The molecule has 5 heteroatoms. The Labute approximate surface area is 115 Å². The van der Waals surface area contributed by atoms with E-state index in [0.29, 0.717) is 22.6 Å². The number of benzene rings is 2. The van der Waals surface area contributed by atoms with Crippen molar-refractivity contribution in [1.29, 1.82) is 5.26 Å². The standard InChI is InChI=1S/C14H10ClFN2O/c15-14-10(2-1-3-11(14)16)8-19-13-5-4-9(7-17)6-12(13)18/h1-6H,8,18H2. The van der Waals surface area contributed by atoms with Gasteiger partial charge in [-0.3, -0.25) is 0 Å². The number of anilines is 1. The first-order valence-corrected chi connectivity index (χ1v) is 5.85. The lowest BCUT2D eigenvalue weighted by atomic mass is 10.2. The Kier molecular flexibility index (Phi) is 3.88. The van der Waals surface area contributed by atoms with Gasteiger partial charge in [0.15, 0.2) is 0 Å². The molecule has 0 aliphatic rings. The number of rotatable bonds is 3. The predicted molar refractivity (Wildman–Crippen MR) is 71.3 cm³/mol. The summed E-state index contributed by atoms with van der Waals surface area (Å²) in [5, 5.41) is 8.76. The Morgan fingerprint density at radius 1 is 1.32 bits per heavy atom. The minimum Gasteiger partial charge on any atom is -0.487 e. The third-order valence-electron chi connectivity index (χ3n) is 2.55. The van der Waals surface area contributed by atoms with Crippen LogP contribution in [0.4, 0.5) is 10.1 Å². The summed E-state index contributed by atoms with van der Waals surface area (Å²) in [6, 6.07) is 11.2. The van der Waals surface area contributed by atoms with Gasteiger partial charge in [0.25, 0.3) is 0 Å². The van der Waals surface area contributed by atoms with Crippen LogP contribution in [0.1, 0.15) is 11.1 Å². The molecule has 0 heterocycles. The van der Waals surface area contributed by atoms with Crippen LogP contribution in [0.25, 0.3) is 0 Å². The van der Waals surface area contributed by atoms with E-state index in [9.17, 15) is 4.39 Å². The summed E-state index contributed by atoms with van der Waals surface area (Å²) >= 11 is 5.82. The third-order valence-corrected chi connectivity index (χ3v) is 2.98. The van der Waals surface area contributed by atoms with E-state index in [0.717, 1.165) is 0 Å². The first-order valence-electron chi connectivity index (χ1n) is 5.47. The molecular weight excluding hydrogens is 267 g/mol. The van der Waals surface area contributed by atoms with Crippen molar-refractivity contribution in [3.8, 4) is 11.8 Å². The lowest BCUT2D eigenvalue weighted by molar-refractivity contribution is 0.307. The van der Waals surface area contributed by atoms with Gasteiger partial charge >= 0.3 is 0 Å². The molecule has 0 aromatic heterocycles. The highest BCUT2D eigenvalue weighted by Crippen LogP contribution is 2.25. The largest absolute Gasteiger partial charge is 0.487 e. The van der Waals surface area contributed by atoms with E-state index >= 15 is 0 Å². The van der Waals surface area contributed by atoms with E-state index in [-0.39, 0.29) is 11.6 Å². The second-order valence-electron chi connectivity index (χ2n) is 3.87. The summed E-state index contributed by atoms with van der Waals surface area (Å²) < 4.78 is 18.7. The zero-order valence-corrected chi connectivity index (χ0v) is 10.6. The monoisotopic (exact) mass is 276 g/mol. The number of ether oxygens (including phenoxy) is 1. The normalized spacial score (nSPS) is 9.95. The molecule has 0 bridgehead atoms. The molecular formula is C14H10ClFN2O. The Morgan fingerprint density at radius 2 is 2.11 bits per heavy atom. The molecule has 2 rings (SSSR count). The summed E-state index contributed by atoms with van der Waals surface area (Å²) in [4.78, 5) is 0. The van der Waals surface area contributed by atoms with E-state index in [4.69, 9.17) is 27.3 Å². The molecule has 2 aromatic rings. The quantitative estimate of drug-likeness (QED) is 0.873. The van der Waals surface area contributed by atoms with Crippen LogP contribution in [0.2, 0.25) is 5.02 Å². The van der Waals surface area contributed by atoms with Crippen LogP contribution in [0, 0.1) is 17.1 Å². The number of hydrogen-bond acceptors (Lipinski definition) is 3. The van der Waals surface area contributed by atoms with Crippen molar-refractivity contribution in [3.05, 3.63) is 58.4 Å². The van der Waals surface area contributed by atoms with Crippen molar-refractivity contribution in [2.45, 2.75) is 6.61 Å². The van der Waals surface area contributed by atoms with E-state index < -0.39 is 5.82 Å². The fraction of sp³-hybridized carbons (Fsp3) is 0.0714. The van der Waals surface area contributed by atoms with Crippen LogP contribution in [-0.2, 0) is 6.61 Å². The van der Waals surface area contributed by atoms with Gasteiger partial charge in [0.2, 0.25) is 0 Å². The summed E-state index contributed by atoms with van der Waals surface area (Å²) in [5.74, 6) is -0.0603. The summed E-state index contributed by atoms with van der Waals surface area (Å²) in [5.41, 5.74) is 7.08. The smallest absolute Gasteiger partial charge is 0.142 e. The second kappa shape index (κ2) is 5.59. The zero-order chi connectivity index (χ0) is 13.8. The highest BCUT2D eigenvalue weighted by atomic mass is 35.5. The zero-order valence-electron chi connectivity index (χ0n) is 9.86. The van der Waals surface area contributed by atoms with E-state index in [1.54, 1.807) is 24.3 Å². The molecule has 2 aromatic carbocycles. The molecule has 0 aliphatic carbocycles. The Bertz CT molecular complexity index is 652. The maximum absolute atomic E-state index is 13.2. The number of halogens is 2. The molecule has 0 atom stereocenters. The van der Waals surface area contributed by atoms with Crippen LogP contribution in [0.5, 0.6) is 5.75 Å². The van der Waals surface area contributed by atoms with Crippen molar-refractivity contribution in [2.24, 2.45) is 0 Å². The van der Waals surface area contributed by atoms with Gasteiger partial charge in [-0.2, -0.15) is 5.26 Å². The number of nitriles is 1. The highest BCUT2D eigenvalue weighted by Gasteiger charge is 2.07. The fourth-order valence-corrected chi connectivity index (χ4v) is 1.75. The van der Waals surface area contributed by atoms with Gasteiger partial charge < -0.3 is 10.5 Å². The SMILES string of the molecule is N#Cc1ccc(OCc2cccc(F)c2Cl)c(N)c1. The summed E-state index contributed by atoms with van der Waals surface area (Å²) in [6.07, 6.45) is 0. The van der Waals surface area contributed by atoms with Gasteiger partial charge in [-0.25, -0.2) is 4.39 Å². The maximum Gasteiger partial charge on any atom is 0.142 e. The molecule has 0 saturated heterocycles. The first kappa shape index (κ1) is 13.2. The van der Waals surface area contributed by atoms with Crippen LogP contribution in [-0.4, -0.2) is 0 Å². The molecule has 0 fully saturated rings. The first-order chi connectivity index (χ1) is 9.11. The number of nitrogens with two attached hydrogens (primary N) is 1. The van der Waals surface area contributed by atoms with Crippen molar-refractivity contribution < 1.29 is 9.13 Å². The molecule has 19 heavy (non-hydrogen) atoms. The van der Waals surface area contributed by atoms with Crippen LogP contribution < -0.4 is 10.5 Å². The molecule has 0 amide bonds. The Morgan fingerprint density at radius 3 is 2.79 bits per heavy atom. The summed E-state index contributed by atoms with van der Waals surface area (Å²) in [7, 11) is 0. The van der Waals surface area contributed by atoms with Crippen molar-refractivity contribution in [3.63, 3.8) is 0 Å². The van der Waals surface area contributed by atoms with Gasteiger partial charge in [0.1, 0.15) is 18.2 Å². The molecule has 2 N–H and O–H groups in total. The average Bonchev–Trinajstić information content (AvgIpc) is 2.41. The van der Waals surface area contributed by atoms with E-state index in [1.807, 2.05) is 6.07 Å². The van der Waals surface area contributed by atoms with Gasteiger partial charge in [-0.1, -0.05) is 23.7 Å². The minimum absolute atomic E-state index is 0.0368. The molecule has 0 spiro atoms. The molecule has 0 aliphatic heterocycles. The van der Waals surface area contributed by atoms with Gasteiger partial charge in [0, 0.05) is 5.56 Å². The third kappa shape index (κ3) is 2.95. The predicted octanol–water partition coefficient (Wildman–Crippen LogP) is 3.51. The van der Waals surface area contributed by atoms with E-state index in [2.05, 4.69) is 0 Å². The maximum atomic E-state index is 13.2. The summed E-state index contributed by atoms with van der Waals surface area (Å²) in [6.45, 7) is 0.104. The van der Waals surface area contributed by atoms with Crippen molar-refractivity contribution >= 4 is 17.3 Å². The Hall–Kier alpha value is -2.25. The number of nitrogen functional groups attached to an aromatic ring is 1. The van der Waals surface area contributed by atoms with Gasteiger partial charge in [-0.05, 0) is 24.3 Å². The van der Waals surface area contributed by atoms with Gasteiger partial charge in [0.05, 0.1) is 22.3 Å². The molecule has 3 nitrogen and oxygen atoms in total. The number of nitrogens with zero attached hydrogens (tertiary/aromatic N) is 1. The van der Waals surface area contributed by atoms with Crippen LogP contribution >= 0.6 is 11.6 Å². The second-order valence-corrected chi connectivity index (χ2v) is 4.24. The molecule has 0 unspecified atom stereocenters. The van der Waals surface area contributed by atoms with Crippen LogP contribution in [0.3, 0.4) is 0 Å². The topological polar surface area (TPSA) is 59.0 Å². The minimum atomic E-state index is -0.490. The Balaban J connectivity index is 2.15. The highest BCUT2D eigenvalue weighted by molar-refractivity contribution is 6.31. The molecule has 0 radical (unpaired) electrons.